The van der Waals surface area contributed by atoms with Gasteiger partial charge in [-0.1, -0.05) is 44.9 Å². The number of allylic oxidation sites excluding steroid dienone is 1. The summed E-state index contributed by atoms with van der Waals surface area (Å²) in [4.78, 5) is 27.3. The Balaban J connectivity index is 1.26. The lowest BCUT2D eigenvalue weighted by atomic mass is 9.65. The van der Waals surface area contributed by atoms with Gasteiger partial charge >= 0.3 is 0 Å². The third kappa shape index (κ3) is 4.37. The van der Waals surface area contributed by atoms with Gasteiger partial charge in [0.15, 0.2) is 0 Å². The quantitative estimate of drug-likeness (QED) is 0.662. The van der Waals surface area contributed by atoms with Gasteiger partial charge in [-0.3, -0.25) is 9.59 Å². The van der Waals surface area contributed by atoms with E-state index in [-0.39, 0.29) is 17.9 Å². The minimum atomic E-state index is -0.389. The molecule has 2 saturated carbocycles. The van der Waals surface area contributed by atoms with Crippen molar-refractivity contribution < 1.29 is 9.59 Å². The van der Waals surface area contributed by atoms with Crippen molar-refractivity contribution in [2.45, 2.75) is 103 Å². The van der Waals surface area contributed by atoms with Crippen molar-refractivity contribution in [1.29, 1.82) is 0 Å². The molecule has 2 heterocycles. The first-order valence-electron chi connectivity index (χ1n) is 13.0. The van der Waals surface area contributed by atoms with Gasteiger partial charge in [0.1, 0.15) is 6.04 Å². The standard InChI is InChI=1S/C28H39N3O2/c1-18-9-12-25(26(32)29-18)31-17-22-16-20(10-11-23(22)27(31)33)15-21-7-4-5-8-24(21)30-19(2)28(3)13-6-14-28/h10-11,16,19,21,24-25,30H,1,4-9,12-15,17H2,2-3H3,(H,29,32)/t19-,21+,24-,25?/m0/s1. The van der Waals surface area contributed by atoms with Gasteiger partial charge in [0, 0.05) is 29.9 Å². The third-order valence-corrected chi connectivity index (χ3v) is 9.11. The second kappa shape index (κ2) is 8.90. The lowest BCUT2D eigenvalue weighted by Gasteiger charge is -2.47. The number of amides is 2. The van der Waals surface area contributed by atoms with Gasteiger partial charge in [0.25, 0.3) is 5.91 Å². The van der Waals surface area contributed by atoms with Crippen LogP contribution in [0.25, 0.3) is 0 Å². The molecule has 1 saturated heterocycles. The first-order valence-corrected chi connectivity index (χ1v) is 13.0. The molecule has 0 bridgehead atoms. The monoisotopic (exact) mass is 449 g/mol. The highest BCUT2D eigenvalue weighted by Crippen LogP contribution is 2.44. The number of nitrogens with zero attached hydrogens (tertiary/aromatic N) is 1. The molecule has 33 heavy (non-hydrogen) atoms. The number of piperidine rings is 1. The summed E-state index contributed by atoms with van der Waals surface area (Å²) in [6.45, 7) is 9.22. The van der Waals surface area contributed by atoms with Crippen molar-refractivity contribution in [3.63, 3.8) is 0 Å². The molecule has 178 valence electrons. The molecule has 4 atom stereocenters. The largest absolute Gasteiger partial charge is 0.329 e. The molecule has 4 aliphatic rings. The van der Waals surface area contributed by atoms with Gasteiger partial charge in [0.2, 0.25) is 5.91 Å². The van der Waals surface area contributed by atoms with E-state index in [1.807, 2.05) is 6.07 Å². The molecule has 5 rings (SSSR count). The van der Waals surface area contributed by atoms with Crippen molar-refractivity contribution in [3.8, 4) is 0 Å². The summed E-state index contributed by atoms with van der Waals surface area (Å²) in [7, 11) is 0. The molecule has 2 aliphatic carbocycles. The molecule has 3 fully saturated rings. The van der Waals surface area contributed by atoms with Crippen LogP contribution in [0.15, 0.2) is 30.5 Å². The van der Waals surface area contributed by atoms with Crippen LogP contribution < -0.4 is 10.6 Å². The Morgan fingerprint density at radius 1 is 1.18 bits per heavy atom. The summed E-state index contributed by atoms with van der Waals surface area (Å²) in [5.74, 6) is 0.535. The molecule has 0 aromatic heterocycles. The fourth-order valence-corrected chi connectivity index (χ4v) is 6.50. The van der Waals surface area contributed by atoms with Crippen LogP contribution in [-0.4, -0.2) is 34.8 Å². The molecule has 0 spiro atoms. The predicted molar refractivity (Wildman–Crippen MR) is 131 cm³/mol. The highest BCUT2D eigenvalue weighted by molar-refractivity contribution is 6.01. The summed E-state index contributed by atoms with van der Waals surface area (Å²) >= 11 is 0. The molecule has 2 N–H and O–H groups in total. The Bertz CT molecular complexity index is 950. The molecule has 2 amide bonds. The van der Waals surface area contributed by atoms with Gasteiger partial charge in [-0.2, -0.15) is 0 Å². The number of carbonyl (C=O) groups excluding carboxylic acids is 2. The van der Waals surface area contributed by atoms with Crippen LogP contribution in [0.5, 0.6) is 0 Å². The molecule has 2 aliphatic heterocycles. The van der Waals surface area contributed by atoms with E-state index in [1.165, 1.54) is 50.5 Å². The van der Waals surface area contributed by atoms with E-state index >= 15 is 0 Å². The van der Waals surface area contributed by atoms with Gasteiger partial charge in [-0.15, -0.1) is 0 Å². The van der Waals surface area contributed by atoms with Crippen molar-refractivity contribution in [2.75, 3.05) is 0 Å². The van der Waals surface area contributed by atoms with Gasteiger partial charge in [-0.25, -0.2) is 0 Å². The van der Waals surface area contributed by atoms with Crippen LogP contribution >= 0.6 is 0 Å². The maximum Gasteiger partial charge on any atom is 0.255 e. The zero-order chi connectivity index (χ0) is 23.2. The number of benzene rings is 1. The minimum Gasteiger partial charge on any atom is -0.329 e. The SMILES string of the molecule is C=C1CCC(N2Cc3cc(C[C@H]4CCCC[C@@H]4N[C@@H](C)C4(C)CCC4)ccc3C2=O)C(=O)N1. The second-order valence-electron chi connectivity index (χ2n) is 11.3. The Labute approximate surface area is 198 Å². The van der Waals surface area contributed by atoms with E-state index in [0.29, 0.717) is 36.4 Å². The second-order valence-corrected chi connectivity index (χ2v) is 11.3. The zero-order valence-corrected chi connectivity index (χ0v) is 20.3. The molecule has 1 unspecified atom stereocenters. The van der Waals surface area contributed by atoms with Gasteiger partial charge in [-0.05, 0) is 80.4 Å². The highest BCUT2D eigenvalue weighted by atomic mass is 16.2. The molecule has 5 nitrogen and oxygen atoms in total. The van der Waals surface area contributed by atoms with Crippen molar-refractivity contribution >= 4 is 11.8 Å². The molecule has 0 radical (unpaired) electrons. The lowest BCUT2D eigenvalue weighted by molar-refractivity contribution is -0.126. The van der Waals surface area contributed by atoms with Crippen molar-refractivity contribution in [3.05, 3.63) is 47.2 Å². The molecule has 1 aromatic rings. The van der Waals surface area contributed by atoms with Gasteiger partial charge in [0.05, 0.1) is 0 Å². The van der Waals surface area contributed by atoms with E-state index in [1.54, 1.807) is 4.90 Å². The third-order valence-electron chi connectivity index (χ3n) is 9.11. The van der Waals surface area contributed by atoms with Crippen LogP contribution in [0.1, 0.15) is 93.1 Å². The smallest absolute Gasteiger partial charge is 0.255 e. The topological polar surface area (TPSA) is 61.4 Å². The highest BCUT2D eigenvalue weighted by Gasteiger charge is 2.40. The normalized spacial score (nSPS) is 29.9. The fourth-order valence-electron chi connectivity index (χ4n) is 6.50. The Morgan fingerprint density at radius 2 is 1.97 bits per heavy atom. The number of fused-ring (bicyclic) bond motifs is 1. The maximum absolute atomic E-state index is 13.0. The zero-order valence-electron chi connectivity index (χ0n) is 20.3. The van der Waals surface area contributed by atoms with Crippen LogP contribution in [0, 0.1) is 11.3 Å². The fraction of sp³-hybridized carbons (Fsp3) is 0.643. The number of hydrogen-bond donors (Lipinski definition) is 2. The first-order chi connectivity index (χ1) is 15.8. The van der Waals surface area contributed by atoms with Crippen LogP contribution in [0.2, 0.25) is 0 Å². The van der Waals surface area contributed by atoms with Crippen molar-refractivity contribution in [2.24, 2.45) is 11.3 Å². The van der Waals surface area contributed by atoms with E-state index in [9.17, 15) is 9.59 Å². The van der Waals surface area contributed by atoms with Gasteiger partial charge < -0.3 is 15.5 Å². The van der Waals surface area contributed by atoms with Crippen LogP contribution in [0.4, 0.5) is 0 Å². The summed E-state index contributed by atoms with van der Waals surface area (Å²) in [6, 6.07) is 7.13. The van der Waals surface area contributed by atoms with E-state index in [4.69, 9.17) is 0 Å². The predicted octanol–water partition coefficient (Wildman–Crippen LogP) is 4.70. The van der Waals surface area contributed by atoms with E-state index < -0.39 is 0 Å². The van der Waals surface area contributed by atoms with E-state index in [0.717, 1.165) is 29.7 Å². The summed E-state index contributed by atoms with van der Waals surface area (Å²) in [5, 5.41) is 6.86. The number of nitrogens with one attached hydrogen (secondary N) is 2. The Kier molecular flexibility index (Phi) is 6.11. The van der Waals surface area contributed by atoms with E-state index in [2.05, 4.69) is 43.2 Å². The summed E-state index contributed by atoms with van der Waals surface area (Å²) < 4.78 is 0. The van der Waals surface area contributed by atoms with Crippen LogP contribution in [-0.2, 0) is 17.8 Å². The molecule has 5 heteroatoms. The molecular weight excluding hydrogens is 410 g/mol. The number of hydrogen-bond acceptors (Lipinski definition) is 3. The average Bonchev–Trinajstić information content (AvgIpc) is 3.09. The minimum absolute atomic E-state index is 0.0102. The van der Waals surface area contributed by atoms with Crippen molar-refractivity contribution in [1.82, 2.24) is 15.5 Å². The lowest BCUT2D eigenvalue weighted by Crippen LogP contribution is -2.52. The Hall–Kier alpha value is -2.14. The molecule has 1 aromatic carbocycles. The molecular formula is C28H39N3O2. The average molecular weight is 450 g/mol. The number of carbonyl (C=O) groups is 2. The van der Waals surface area contributed by atoms with Crippen LogP contribution in [0.3, 0.4) is 0 Å². The Morgan fingerprint density at radius 3 is 2.70 bits per heavy atom. The summed E-state index contributed by atoms with van der Waals surface area (Å²) in [6.07, 6.45) is 11.7. The maximum atomic E-state index is 13.0. The number of rotatable bonds is 6. The summed E-state index contributed by atoms with van der Waals surface area (Å²) in [5.41, 5.74) is 4.38. The first kappa shape index (κ1) is 22.6.